The molecule has 0 saturated carbocycles. The van der Waals surface area contributed by atoms with Crippen molar-refractivity contribution in [1.29, 1.82) is 0 Å². The van der Waals surface area contributed by atoms with Gasteiger partial charge in [0.1, 0.15) is 0 Å². The first-order valence-corrected chi connectivity index (χ1v) is 9.35. The standard InChI is InChI=1S/C18H16F3NO4S/c1-10-7-11(2)13(12(3)8-10)9-14-17-15(25-22-14)5-4-6-16(17)26-27(23,24)18(19,20)21/h4-8H,9H2,1-3H3. The molecule has 0 spiro atoms. The molecular formula is C18H16F3NO4S. The molecule has 144 valence electrons. The zero-order valence-corrected chi connectivity index (χ0v) is 15.5. The van der Waals surface area contributed by atoms with Gasteiger partial charge in [0.25, 0.3) is 0 Å². The maximum absolute atomic E-state index is 12.7. The predicted octanol–water partition coefficient (Wildman–Crippen LogP) is 4.57. The van der Waals surface area contributed by atoms with E-state index in [9.17, 15) is 21.6 Å². The highest BCUT2D eigenvalue weighted by molar-refractivity contribution is 7.88. The lowest BCUT2D eigenvalue weighted by atomic mass is 9.95. The molecule has 2 aromatic carbocycles. The van der Waals surface area contributed by atoms with Gasteiger partial charge in [-0.05, 0) is 49.6 Å². The number of halogens is 3. The molecule has 0 bridgehead atoms. The van der Waals surface area contributed by atoms with Crippen LogP contribution in [0.25, 0.3) is 11.0 Å². The number of hydrogen-bond donors (Lipinski definition) is 0. The first kappa shape index (κ1) is 19.2. The van der Waals surface area contributed by atoms with Crippen LogP contribution < -0.4 is 4.18 Å². The van der Waals surface area contributed by atoms with Gasteiger partial charge in [0, 0.05) is 6.42 Å². The lowest BCUT2D eigenvalue weighted by molar-refractivity contribution is -0.0499. The molecule has 9 heteroatoms. The summed E-state index contributed by atoms with van der Waals surface area (Å²) in [6.07, 6.45) is 0.261. The fraction of sp³-hybridized carbons (Fsp3) is 0.278. The Kier molecular flexibility index (Phi) is 4.67. The van der Waals surface area contributed by atoms with Crippen molar-refractivity contribution in [3.63, 3.8) is 0 Å². The minimum Gasteiger partial charge on any atom is -0.375 e. The Bertz CT molecular complexity index is 1090. The van der Waals surface area contributed by atoms with Crippen molar-refractivity contribution in [3.8, 4) is 5.75 Å². The number of nitrogens with zero attached hydrogens (tertiary/aromatic N) is 1. The first-order valence-electron chi connectivity index (χ1n) is 7.94. The van der Waals surface area contributed by atoms with Crippen LogP contribution in [0.2, 0.25) is 0 Å². The molecule has 3 aromatic rings. The molecule has 0 aliphatic heterocycles. The van der Waals surface area contributed by atoms with E-state index in [4.69, 9.17) is 4.52 Å². The van der Waals surface area contributed by atoms with Gasteiger partial charge in [-0.2, -0.15) is 21.6 Å². The van der Waals surface area contributed by atoms with E-state index < -0.39 is 21.4 Å². The number of fused-ring (bicyclic) bond motifs is 1. The van der Waals surface area contributed by atoms with E-state index in [0.29, 0.717) is 5.69 Å². The molecular weight excluding hydrogens is 383 g/mol. The number of hydrogen-bond acceptors (Lipinski definition) is 5. The molecule has 1 aromatic heterocycles. The van der Waals surface area contributed by atoms with Gasteiger partial charge in [-0.15, -0.1) is 0 Å². The van der Waals surface area contributed by atoms with Crippen LogP contribution in [0.1, 0.15) is 27.9 Å². The van der Waals surface area contributed by atoms with Crippen molar-refractivity contribution in [2.24, 2.45) is 0 Å². The fourth-order valence-electron chi connectivity index (χ4n) is 3.03. The third-order valence-corrected chi connectivity index (χ3v) is 5.16. The summed E-state index contributed by atoms with van der Waals surface area (Å²) in [4.78, 5) is 0. The Morgan fingerprint density at radius 2 is 1.74 bits per heavy atom. The Morgan fingerprint density at radius 1 is 1.11 bits per heavy atom. The van der Waals surface area contributed by atoms with Crippen LogP contribution in [0.5, 0.6) is 5.75 Å². The van der Waals surface area contributed by atoms with E-state index in [2.05, 4.69) is 9.34 Å². The van der Waals surface area contributed by atoms with Gasteiger partial charge in [-0.25, -0.2) is 0 Å². The van der Waals surface area contributed by atoms with Crippen molar-refractivity contribution in [2.75, 3.05) is 0 Å². The minimum absolute atomic E-state index is 0.102. The zero-order chi connectivity index (χ0) is 20.0. The molecule has 0 N–H and O–H groups in total. The smallest absolute Gasteiger partial charge is 0.375 e. The van der Waals surface area contributed by atoms with Crippen molar-refractivity contribution in [1.82, 2.24) is 5.16 Å². The van der Waals surface area contributed by atoms with Gasteiger partial charge in [-0.1, -0.05) is 28.9 Å². The Hall–Kier alpha value is -2.55. The van der Waals surface area contributed by atoms with Crippen molar-refractivity contribution < 1.29 is 30.3 Å². The van der Waals surface area contributed by atoms with Crippen LogP contribution in [0.15, 0.2) is 34.9 Å². The SMILES string of the molecule is Cc1cc(C)c(Cc2noc3cccc(OS(=O)(=O)C(F)(F)F)c23)c(C)c1. The van der Waals surface area contributed by atoms with E-state index in [1.54, 1.807) is 0 Å². The van der Waals surface area contributed by atoms with Gasteiger partial charge < -0.3 is 8.71 Å². The summed E-state index contributed by atoms with van der Waals surface area (Å²) in [6.45, 7) is 5.80. The highest BCUT2D eigenvalue weighted by Gasteiger charge is 2.48. The summed E-state index contributed by atoms with van der Waals surface area (Å²) in [5.74, 6) is -0.469. The average molecular weight is 399 g/mol. The summed E-state index contributed by atoms with van der Waals surface area (Å²) in [7, 11) is -5.80. The highest BCUT2D eigenvalue weighted by atomic mass is 32.2. The molecule has 0 amide bonds. The largest absolute Gasteiger partial charge is 0.534 e. The van der Waals surface area contributed by atoms with Crippen molar-refractivity contribution >= 4 is 21.1 Å². The molecule has 27 heavy (non-hydrogen) atoms. The number of alkyl halides is 3. The lowest BCUT2D eigenvalue weighted by Crippen LogP contribution is -2.28. The monoisotopic (exact) mass is 399 g/mol. The molecule has 0 saturated heterocycles. The van der Waals surface area contributed by atoms with E-state index in [-0.39, 0.29) is 17.4 Å². The van der Waals surface area contributed by atoms with Crippen LogP contribution in [0.3, 0.4) is 0 Å². The van der Waals surface area contributed by atoms with E-state index in [1.807, 2.05) is 32.9 Å². The number of aryl methyl sites for hydroxylation is 3. The maximum atomic E-state index is 12.7. The van der Waals surface area contributed by atoms with Crippen LogP contribution in [-0.2, 0) is 16.5 Å². The van der Waals surface area contributed by atoms with Crippen LogP contribution in [0.4, 0.5) is 13.2 Å². The number of aromatic nitrogens is 1. The molecule has 1 heterocycles. The fourth-order valence-corrected chi connectivity index (χ4v) is 3.50. The summed E-state index contributed by atoms with van der Waals surface area (Å²) in [6, 6.07) is 7.92. The Balaban J connectivity index is 2.09. The zero-order valence-electron chi connectivity index (χ0n) is 14.7. The normalized spacial score (nSPS) is 12.5. The maximum Gasteiger partial charge on any atom is 0.534 e. The quantitative estimate of drug-likeness (QED) is 0.475. The van der Waals surface area contributed by atoms with Gasteiger partial charge >= 0.3 is 15.6 Å². The molecule has 0 aliphatic rings. The third-order valence-electron chi connectivity index (χ3n) is 4.20. The van der Waals surface area contributed by atoms with E-state index >= 15 is 0 Å². The Labute approximate surface area is 153 Å². The number of benzene rings is 2. The van der Waals surface area contributed by atoms with Gasteiger partial charge in [0.2, 0.25) is 0 Å². The van der Waals surface area contributed by atoms with Crippen LogP contribution >= 0.6 is 0 Å². The van der Waals surface area contributed by atoms with Gasteiger partial charge in [0.15, 0.2) is 11.3 Å². The van der Waals surface area contributed by atoms with Gasteiger partial charge in [-0.3, -0.25) is 0 Å². The average Bonchev–Trinajstić information content (AvgIpc) is 2.93. The van der Waals surface area contributed by atoms with E-state index in [0.717, 1.165) is 28.3 Å². The Morgan fingerprint density at radius 3 is 2.33 bits per heavy atom. The van der Waals surface area contributed by atoms with Crippen molar-refractivity contribution in [3.05, 3.63) is 58.3 Å². The molecule has 5 nitrogen and oxygen atoms in total. The lowest BCUT2D eigenvalue weighted by Gasteiger charge is -2.12. The molecule has 0 aliphatic carbocycles. The second kappa shape index (κ2) is 6.56. The molecule has 0 radical (unpaired) electrons. The predicted molar refractivity (Wildman–Crippen MR) is 93.1 cm³/mol. The first-order chi connectivity index (χ1) is 12.5. The molecule has 0 fully saturated rings. The molecule has 3 rings (SSSR count). The highest BCUT2D eigenvalue weighted by Crippen LogP contribution is 2.35. The van der Waals surface area contributed by atoms with Gasteiger partial charge in [0.05, 0.1) is 11.1 Å². The molecule has 0 unspecified atom stereocenters. The third kappa shape index (κ3) is 3.64. The van der Waals surface area contributed by atoms with Crippen molar-refractivity contribution in [2.45, 2.75) is 32.7 Å². The summed E-state index contributed by atoms with van der Waals surface area (Å²) in [5.41, 5.74) is -1.09. The summed E-state index contributed by atoms with van der Waals surface area (Å²) in [5, 5.41) is 4.02. The van der Waals surface area contributed by atoms with Crippen LogP contribution in [0, 0.1) is 20.8 Å². The second-order valence-electron chi connectivity index (χ2n) is 6.30. The summed E-state index contributed by atoms with van der Waals surface area (Å²) < 4.78 is 70.4. The number of rotatable bonds is 4. The minimum atomic E-state index is -5.80. The second-order valence-corrected chi connectivity index (χ2v) is 7.83. The van der Waals surface area contributed by atoms with E-state index in [1.165, 1.54) is 12.1 Å². The molecule has 0 atom stereocenters. The summed E-state index contributed by atoms with van der Waals surface area (Å²) >= 11 is 0. The van der Waals surface area contributed by atoms with Crippen LogP contribution in [-0.4, -0.2) is 19.1 Å². The topological polar surface area (TPSA) is 69.4 Å².